The number of rotatable bonds is 4. The Hall–Kier alpha value is -0.860. The van der Waals surface area contributed by atoms with Crippen LogP contribution in [0, 0.1) is 6.92 Å². The topological polar surface area (TPSA) is 32.3 Å². The van der Waals surface area contributed by atoms with Crippen molar-refractivity contribution < 1.29 is 5.11 Å². The van der Waals surface area contributed by atoms with E-state index in [2.05, 4.69) is 36.5 Å². The van der Waals surface area contributed by atoms with Gasteiger partial charge in [-0.2, -0.15) is 0 Å². The molecule has 2 N–H and O–H groups in total. The second-order valence-electron chi connectivity index (χ2n) is 5.03. The first-order chi connectivity index (χ1) is 7.69. The maximum atomic E-state index is 8.96. The van der Waals surface area contributed by atoms with Gasteiger partial charge in [0.2, 0.25) is 0 Å². The van der Waals surface area contributed by atoms with E-state index in [1.165, 1.54) is 24.0 Å². The number of aliphatic hydroxyl groups is 1. The molecule has 0 heterocycles. The van der Waals surface area contributed by atoms with Crippen molar-refractivity contribution in [1.82, 2.24) is 5.32 Å². The van der Waals surface area contributed by atoms with Crippen LogP contribution >= 0.6 is 0 Å². The summed E-state index contributed by atoms with van der Waals surface area (Å²) >= 11 is 0. The molecule has 0 amide bonds. The molecule has 1 fully saturated rings. The molecular formula is C14H21NO. The predicted octanol–water partition coefficient (Wildman–Crippen LogP) is 2.21. The molecule has 1 aliphatic carbocycles. The molecule has 0 bridgehead atoms. The van der Waals surface area contributed by atoms with Gasteiger partial charge in [0.05, 0.1) is 6.61 Å². The lowest BCUT2D eigenvalue weighted by Crippen LogP contribution is -2.45. The summed E-state index contributed by atoms with van der Waals surface area (Å²) in [5, 5.41) is 12.4. The molecule has 1 saturated carbocycles. The fourth-order valence-corrected chi connectivity index (χ4v) is 2.41. The van der Waals surface area contributed by atoms with E-state index in [0.717, 1.165) is 0 Å². The van der Waals surface area contributed by atoms with E-state index >= 15 is 0 Å². The first kappa shape index (κ1) is 11.6. The quantitative estimate of drug-likeness (QED) is 0.813. The van der Waals surface area contributed by atoms with Crippen LogP contribution in [0.25, 0.3) is 0 Å². The van der Waals surface area contributed by atoms with E-state index < -0.39 is 0 Å². The molecule has 1 aromatic carbocycles. The van der Waals surface area contributed by atoms with Crippen LogP contribution in [0.5, 0.6) is 0 Å². The number of nitrogens with one attached hydrogen (secondary N) is 1. The number of hydrogen-bond acceptors (Lipinski definition) is 2. The summed E-state index contributed by atoms with van der Waals surface area (Å²) in [6.45, 7) is 4.40. The molecule has 0 radical (unpaired) electrons. The van der Waals surface area contributed by atoms with Crippen molar-refractivity contribution in [3.05, 3.63) is 35.4 Å². The van der Waals surface area contributed by atoms with Crippen molar-refractivity contribution in [2.75, 3.05) is 6.61 Å². The van der Waals surface area contributed by atoms with Crippen molar-refractivity contribution >= 4 is 0 Å². The standard InChI is InChI=1S/C14H21NO/c1-10-4-3-5-12(6-10)13-7-14(8-13)15-11(2)9-16/h3-6,11,13-16H,7-9H2,1-2H3/t11-,13?,14?/m0/s1. The second kappa shape index (κ2) is 4.98. The predicted molar refractivity (Wildman–Crippen MR) is 66.6 cm³/mol. The molecule has 2 heteroatoms. The minimum atomic E-state index is 0.225. The third-order valence-electron chi connectivity index (χ3n) is 3.45. The molecule has 16 heavy (non-hydrogen) atoms. The van der Waals surface area contributed by atoms with Crippen molar-refractivity contribution in [3.63, 3.8) is 0 Å². The molecule has 0 aliphatic heterocycles. The largest absolute Gasteiger partial charge is 0.395 e. The Labute approximate surface area is 97.7 Å². The van der Waals surface area contributed by atoms with Gasteiger partial charge in [-0.15, -0.1) is 0 Å². The van der Waals surface area contributed by atoms with Gasteiger partial charge in [-0.05, 0) is 38.2 Å². The van der Waals surface area contributed by atoms with E-state index in [0.29, 0.717) is 12.0 Å². The van der Waals surface area contributed by atoms with Gasteiger partial charge in [0.15, 0.2) is 0 Å². The van der Waals surface area contributed by atoms with Crippen LogP contribution < -0.4 is 5.32 Å². The van der Waals surface area contributed by atoms with Gasteiger partial charge >= 0.3 is 0 Å². The number of hydrogen-bond donors (Lipinski definition) is 2. The Morgan fingerprint density at radius 3 is 2.81 bits per heavy atom. The summed E-state index contributed by atoms with van der Waals surface area (Å²) in [5.74, 6) is 0.711. The normalized spacial score (nSPS) is 26.2. The number of aryl methyl sites for hydroxylation is 1. The van der Waals surface area contributed by atoms with Crippen LogP contribution in [0.4, 0.5) is 0 Å². The molecule has 0 spiro atoms. The van der Waals surface area contributed by atoms with Gasteiger partial charge in [0.25, 0.3) is 0 Å². The molecule has 2 nitrogen and oxygen atoms in total. The Balaban J connectivity index is 1.84. The first-order valence-electron chi connectivity index (χ1n) is 6.12. The smallest absolute Gasteiger partial charge is 0.0582 e. The fraction of sp³-hybridized carbons (Fsp3) is 0.571. The molecular weight excluding hydrogens is 198 g/mol. The Morgan fingerprint density at radius 1 is 1.44 bits per heavy atom. The lowest BCUT2D eigenvalue weighted by atomic mass is 9.75. The maximum Gasteiger partial charge on any atom is 0.0582 e. The van der Waals surface area contributed by atoms with Crippen molar-refractivity contribution in [2.45, 2.75) is 44.7 Å². The summed E-state index contributed by atoms with van der Waals surface area (Å²) in [6, 6.07) is 9.61. The van der Waals surface area contributed by atoms with Gasteiger partial charge in [0, 0.05) is 12.1 Å². The zero-order valence-electron chi connectivity index (χ0n) is 10.1. The molecule has 1 aromatic rings. The van der Waals surface area contributed by atoms with Crippen LogP contribution in [-0.2, 0) is 0 Å². The molecule has 0 aromatic heterocycles. The van der Waals surface area contributed by atoms with Crippen molar-refractivity contribution in [2.24, 2.45) is 0 Å². The van der Waals surface area contributed by atoms with Crippen LogP contribution in [0.2, 0.25) is 0 Å². The second-order valence-corrected chi connectivity index (χ2v) is 5.03. The third-order valence-corrected chi connectivity index (χ3v) is 3.45. The molecule has 0 unspecified atom stereocenters. The SMILES string of the molecule is Cc1cccc(C2CC(N[C@@H](C)CO)C2)c1. The molecule has 1 aliphatic rings. The monoisotopic (exact) mass is 219 g/mol. The Kier molecular flexibility index (Phi) is 3.62. The Morgan fingerprint density at radius 2 is 2.19 bits per heavy atom. The molecule has 88 valence electrons. The van der Waals surface area contributed by atoms with E-state index in [4.69, 9.17) is 5.11 Å². The van der Waals surface area contributed by atoms with Crippen LogP contribution in [0.1, 0.15) is 36.8 Å². The highest BCUT2D eigenvalue weighted by atomic mass is 16.3. The van der Waals surface area contributed by atoms with Gasteiger partial charge < -0.3 is 10.4 Å². The third kappa shape index (κ3) is 2.63. The fourth-order valence-electron chi connectivity index (χ4n) is 2.41. The summed E-state index contributed by atoms with van der Waals surface area (Å²) in [6.07, 6.45) is 2.40. The average molecular weight is 219 g/mol. The summed E-state index contributed by atoms with van der Waals surface area (Å²) < 4.78 is 0. The van der Waals surface area contributed by atoms with Crippen LogP contribution in [0.15, 0.2) is 24.3 Å². The highest BCUT2D eigenvalue weighted by Crippen LogP contribution is 2.37. The number of aliphatic hydroxyl groups excluding tert-OH is 1. The zero-order chi connectivity index (χ0) is 11.5. The summed E-state index contributed by atoms with van der Waals surface area (Å²) in [7, 11) is 0. The molecule has 0 saturated heterocycles. The summed E-state index contributed by atoms with van der Waals surface area (Å²) in [4.78, 5) is 0. The van der Waals surface area contributed by atoms with Gasteiger partial charge in [-0.1, -0.05) is 29.8 Å². The lowest BCUT2D eigenvalue weighted by Gasteiger charge is -2.38. The average Bonchev–Trinajstić information content (AvgIpc) is 2.22. The lowest BCUT2D eigenvalue weighted by molar-refractivity contribution is 0.204. The minimum absolute atomic E-state index is 0.225. The minimum Gasteiger partial charge on any atom is -0.395 e. The van der Waals surface area contributed by atoms with Gasteiger partial charge in [0.1, 0.15) is 0 Å². The van der Waals surface area contributed by atoms with Crippen LogP contribution in [0.3, 0.4) is 0 Å². The molecule has 1 atom stereocenters. The van der Waals surface area contributed by atoms with Gasteiger partial charge in [-0.25, -0.2) is 0 Å². The van der Waals surface area contributed by atoms with E-state index in [1.807, 2.05) is 6.92 Å². The van der Waals surface area contributed by atoms with E-state index in [-0.39, 0.29) is 12.6 Å². The zero-order valence-corrected chi connectivity index (χ0v) is 10.1. The van der Waals surface area contributed by atoms with Crippen LogP contribution in [-0.4, -0.2) is 23.8 Å². The molecule has 2 rings (SSSR count). The number of benzene rings is 1. The van der Waals surface area contributed by atoms with Crippen molar-refractivity contribution in [1.29, 1.82) is 0 Å². The van der Waals surface area contributed by atoms with E-state index in [9.17, 15) is 0 Å². The highest BCUT2D eigenvalue weighted by Gasteiger charge is 2.30. The summed E-state index contributed by atoms with van der Waals surface area (Å²) in [5.41, 5.74) is 2.81. The van der Waals surface area contributed by atoms with E-state index in [1.54, 1.807) is 0 Å². The Bertz CT molecular complexity index is 344. The highest BCUT2D eigenvalue weighted by molar-refractivity contribution is 5.27. The van der Waals surface area contributed by atoms with Gasteiger partial charge in [-0.3, -0.25) is 0 Å². The first-order valence-corrected chi connectivity index (χ1v) is 6.12. The van der Waals surface area contributed by atoms with Crippen molar-refractivity contribution in [3.8, 4) is 0 Å². The maximum absolute atomic E-state index is 8.96.